The molecule has 7 nitrogen and oxygen atoms in total. The summed E-state index contributed by atoms with van der Waals surface area (Å²) in [7, 11) is 0. The van der Waals surface area contributed by atoms with Crippen molar-refractivity contribution >= 4 is 6.03 Å². The summed E-state index contributed by atoms with van der Waals surface area (Å²) in [5.41, 5.74) is 0. The number of urea groups is 1. The number of likely N-dealkylation sites (tertiary alicyclic amines) is 1. The number of nitrogens with zero attached hydrogens (tertiary/aromatic N) is 4. The molecule has 0 unspecified atom stereocenters. The molecule has 7 heteroatoms. The number of carbonyl (C=O) groups is 1. The van der Waals surface area contributed by atoms with Crippen molar-refractivity contribution in [3.8, 4) is 5.75 Å². The third kappa shape index (κ3) is 4.47. The molecule has 0 bridgehead atoms. The Balaban J connectivity index is 1.39. The molecule has 3 rings (SSSR count). The number of carbonyl (C=O) groups excluding carboxylic acids is 1. The molecule has 1 fully saturated rings. The zero-order chi connectivity index (χ0) is 16.8. The molecule has 0 radical (unpaired) electrons. The summed E-state index contributed by atoms with van der Waals surface area (Å²) in [6, 6.07) is 5.60. The van der Waals surface area contributed by atoms with Crippen molar-refractivity contribution in [2.24, 2.45) is 5.92 Å². The van der Waals surface area contributed by atoms with Crippen LogP contribution in [0.3, 0.4) is 0 Å². The maximum atomic E-state index is 12.3. The molecule has 1 saturated heterocycles. The smallest absolute Gasteiger partial charge is 0.317 e. The Bertz CT molecular complexity index is 632. The van der Waals surface area contributed by atoms with Gasteiger partial charge >= 0.3 is 6.03 Å². The fourth-order valence-corrected chi connectivity index (χ4v) is 2.78. The number of ether oxygens (including phenoxy) is 1. The van der Waals surface area contributed by atoms with Crippen molar-refractivity contribution in [1.82, 2.24) is 25.0 Å². The van der Waals surface area contributed by atoms with Crippen LogP contribution >= 0.6 is 0 Å². The topological polar surface area (TPSA) is 72.3 Å². The van der Waals surface area contributed by atoms with E-state index in [9.17, 15) is 4.79 Å². The van der Waals surface area contributed by atoms with E-state index < -0.39 is 0 Å². The first-order valence-electron chi connectivity index (χ1n) is 8.27. The van der Waals surface area contributed by atoms with Gasteiger partial charge in [0.25, 0.3) is 0 Å². The molecular formula is C17H23N5O2. The normalized spacial score (nSPS) is 18.4. The predicted molar refractivity (Wildman–Crippen MR) is 89.6 cm³/mol. The lowest BCUT2D eigenvalue weighted by Gasteiger charge is -2.19. The number of aromatic nitrogens is 3. The van der Waals surface area contributed by atoms with Gasteiger partial charge in [-0.05, 0) is 24.1 Å². The van der Waals surface area contributed by atoms with Crippen molar-refractivity contribution in [2.45, 2.75) is 26.0 Å². The van der Waals surface area contributed by atoms with Crippen LogP contribution in [0.25, 0.3) is 0 Å². The second-order valence-corrected chi connectivity index (χ2v) is 6.18. The van der Waals surface area contributed by atoms with Gasteiger partial charge in [0.05, 0.1) is 12.7 Å². The van der Waals surface area contributed by atoms with Crippen LogP contribution in [0.4, 0.5) is 4.79 Å². The molecule has 3 heterocycles. The molecule has 2 aromatic heterocycles. The first-order valence-corrected chi connectivity index (χ1v) is 8.27. The standard InChI is InChI=1S/C17H23N5O2/c1-14(12-22-8-3-7-20-22)10-19-17(23)21-9-5-16(13-21)24-15-4-2-6-18-11-15/h2-4,6-8,11,14,16H,5,9-10,12-13H2,1H3,(H,19,23)/t14-,16+/m1/s1. The monoisotopic (exact) mass is 329 g/mol. The molecule has 2 aromatic rings. The third-order valence-electron chi connectivity index (χ3n) is 4.03. The molecular weight excluding hydrogens is 306 g/mol. The summed E-state index contributed by atoms with van der Waals surface area (Å²) in [6.45, 7) is 4.84. The van der Waals surface area contributed by atoms with Gasteiger partial charge in [-0.2, -0.15) is 5.10 Å². The minimum absolute atomic E-state index is 0.0281. The second-order valence-electron chi connectivity index (χ2n) is 6.18. The van der Waals surface area contributed by atoms with Crippen LogP contribution in [-0.4, -0.2) is 51.4 Å². The molecule has 128 valence electrons. The maximum Gasteiger partial charge on any atom is 0.317 e. The molecule has 0 aliphatic carbocycles. The van der Waals surface area contributed by atoms with E-state index in [4.69, 9.17) is 4.74 Å². The van der Waals surface area contributed by atoms with Crippen LogP contribution in [0.1, 0.15) is 13.3 Å². The van der Waals surface area contributed by atoms with Gasteiger partial charge in [0.15, 0.2) is 0 Å². The van der Waals surface area contributed by atoms with E-state index in [1.165, 1.54) is 0 Å². The lowest BCUT2D eigenvalue weighted by atomic mass is 10.2. The summed E-state index contributed by atoms with van der Waals surface area (Å²) >= 11 is 0. The predicted octanol–water partition coefficient (Wildman–Crippen LogP) is 1.78. The van der Waals surface area contributed by atoms with Gasteiger partial charge in [0.1, 0.15) is 11.9 Å². The molecule has 2 amide bonds. The fourth-order valence-electron chi connectivity index (χ4n) is 2.78. The van der Waals surface area contributed by atoms with E-state index in [0.29, 0.717) is 25.6 Å². The van der Waals surface area contributed by atoms with Gasteiger partial charge in [-0.1, -0.05) is 6.92 Å². The summed E-state index contributed by atoms with van der Waals surface area (Å²) in [5, 5.41) is 7.18. The Labute approximate surface area is 141 Å². The fraction of sp³-hybridized carbons (Fsp3) is 0.471. The minimum Gasteiger partial charge on any atom is -0.487 e. The van der Waals surface area contributed by atoms with Crippen LogP contribution in [0.5, 0.6) is 5.75 Å². The summed E-state index contributed by atoms with van der Waals surface area (Å²) in [5.74, 6) is 1.07. The quantitative estimate of drug-likeness (QED) is 0.877. The molecule has 24 heavy (non-hydrogen) atoms. The summed E-state index contributed by atoms with van der Waals surface area (Å²) in [6.07, 6.45) is 7.97. The number of rotatable bonds is 6. The van der Waals surface area contributed by atoms with Gasteiger partial charge in [0.2, 0.25) is 0 Å². The first kappa shape index (κ1) is 16.3. The third-order valence-corrected chi connectivity index (χ3v) is 4.03. The molecule has 2 atom stereocenters. The average Bonchev–Trinajstić information content (AvgIpc) is 3.26. The Hall–Kier alpha value is -2.57. The Morgan fingerprint density at radius 3 is 3.12 bits per heavy atom. The minimum atomic E-state index is -0.0281. The number of amides is 2. The van der Waals surface area contributed by atoms with Crippen molar-refractivity contribution < 1.29 is 9.53 Å². The molecule has 1 aliphatic heterocycles. The highest BCUT2D eigenvalue weighted by atomic mass is 16.5. The lowest BCUT2D eigenvalue weighted by molar-refractivity contribution is 0.185. The zero-order valence-corrected chi connectivity index (χ0v) is 13.8. The van der Waals surface area contributed by atoms with E-state index in [-0.39, 0.29) is 12.1 Å². The van der Waals surface area contributed by atoms with Gasteiger partial charge in [0, 0.05) is 44.6 Å². The SMILES string of the molecule is C[C@H](CNC(=O)N1CC[C@H](Oc2cccnc2)C1)Cn1cccn1. The number of pyridine rings is 1. The highest BCUT2D eigenvalue weighted by molar-refractivity contribution is 5.74. The highest BCUT2D eigenvalue weighted by Crippen LogP contribution is 2.17. The first-order chi connectivity index (χ1) is 11.7. The van der Waals surface area contributed by atoms with E-state index in [2.05, 4.69) is 22.3 Å². The zero-order valence-electron chi connectivity index (χ0n) is 13.8. The van der Waals surface area contributed by atoms with Crippen molar-refractivity contribution in [2.75, 3.05) is 19.6 Å². The van der Waals surface area contributed by atoms with Crippen LogP contribution in [0.15, 0.2) is 43.0 Å². The van der Waals surface area contributed by atoms with Crippen LogP contribution in [-0.2, 0) is 6.54 Å². The molecule has 1 aliphatic rings. The number of hydrogen-bond donors (Lipinski definition) is 1. The van der Waals surface area contributed by atoms with Gasteiger partial charge in [-0.3, -0.25) is 9.67 Å². The van der Waals surface area contributed by atoms with E-state index in [1.54, 1.807) is 18.6 Å². The lowest BCUT2D eigenvalue weighted by Crippen LogP contribution is -2.41. The molecule has 0 spiro atoms. The van der Waals surface area contributed by atoms with Crippen molar-refractivity contribution in [3.63, 3.8) is 0 Å². The number of hydrogen-bond acceptors (Lipinski definition) is 4. The second kappa shape index (κ2) is 7.81. The number of nitrogens with one attached hydrogen (secondary N) is 1. The Morgan fingerprint density at radius 1 is 1.46 bits per heavy atom. The van der Waals surface area contributed by atoms with Crippen molar-refractivity contribution in [3.05, 3.63) is 43.0 Å². The van der Waals surface area contributed by atoms with Crippen molar-refractivity contribution in [1.29, 1.82) is 0 Å². The van der Waals surface area contributed by atoms with E-state index >= 15 is 0 Å². The largest absolute Gasteiger partial charge is 0.487 e. The Kier molecular flexibility index (Phi) is 5.30. The van der Waals surface area contributed by atoms with Gasteiger partial charge < -0.3 is 15.0 Å². The highest BCUT2D eigenvalue weighted by Gasteiger charge is 2.27. The average molecular weight is 329 g/mol. The summed E-state index contributed by atoms with van der Waals surface area (Å²) < 4.78 is 7.74. The van der Waals surface area contributed by atoms with Gasteiger partial charge in [-0.25, -0.2) is 4.79 Å². The van der Waals surface area contributed by atoms with Crippen LogP contribution in [0, 0.1) is 5.92 Å². The Morgan fingerprint density at radius 2 is 2.38 bits per heavy atom. The summed E-state index contributed by atoms with van der Waals surface area (Å²) in [4.78, 5) is 18.1. The van der Waals surface area contributed by atoms with E-state index in [0.717, 1.165) is 18.7 Å². The van der Waals surface area contributed by atoms with E-state index in [1.807, 2.05) is 34.0 Å². The maximum absolute atomic E-state index is 12.3. The molecule has 0 saturated carbocycles. The molecule has 1 N–H and O–H groups in total. The van der Waals surface area contributed by atoms with Gasteiger partial charge in [-0.15, -0.1) is 0 Å². The van der Waals surface area contributed by atoms with Crippen LogP contribution < -0.4 is 10.1 Å². The molecule has 0 aromatic carbocycles. The van der Waals surface area contributed by atoms with Crippen LogP contribution in [0.2, 0.25) is 0 Å².